The van der Waals surface area contributed by atoms with E-state index in [4.69, 9.17) is 5.26 Å². The third kappa shape index (κ3) is 4.03. The Kier molecular flexibility index (Phi) is 4.80. The molecule has 3 heteroatoms. The maximum Gasteiger partial charge on any atom is 0.0666 e. The Morgan fingerprint density at radius 1 is 1.53 bits per heavy atom. The van der Waals surface area contributed by atoms with Crippen LogP contribution in [0.2, 0.25) is 0 Å². The van der Waals surface area contributed by atoms with Gasteiger partial charge in [-0.3, -0.25) is 0 Å². The summed E-state index contributed by atoms with van der Waals surface area (Å²) in [5.74, 6) is 0.0684. The molecule has 0 saturated heterocycles. The topological polar surface area (TPSA) is 35.8 Å². The maximum atomic E-state index is 8.61. The van der Waals surface area contributed by atoms with E-state index >= 15 is 0 Å². The van der Waals surface area contributed by atoms with Crippen LogP contribution in [-0.2, 0) is 6.54 Å². The number of nitrogens with one attached hydrogen (secondary N) is 1. The fraction of sp³-hybridized carbons (Fsp3) is 0.417. The Morgan fingerprint density at radius 3 is 2.87 bits per heavy atom. The van der Waals surface area contributed by atoms with Crippen LogP contribution in [0.25, 0.3) is 0 Å². The highest BCUT2D eigenvalue weighted by Crippen LogP contribution is 2.17. The van der Waals surface area contributed by atoms with Crippen LogP contribution in [0.3, 0.4) is 0 Å². The fourth-order valence-corrected chi connectivity index (χ4v) is 1.65. The third-order valence-electron chi connectivity index (χ3n) is 2.24. The summed E-state index contributed by atoms with van der Waals surface area (Å²) >= 11 is 3.50. The van der Waals surface area contributed by atoms with Gasteiger partial charge in [-0.1, -0.05) is 28.1 Å². The van der Waals surface area contributed by atoms with Gasteiger partial charge in [0.2, 0.25) is 0 Å². The predicted molar refractivity (Wildman–Crippen MR) is 65.4 cm³/mol. The van der Waals surface area contributed by atoms with Crippen molar-refractivity contribution in [3.8, 4) is 6.07 Å². The van der Waals surface area contributed by atoms with Crippen molar-refractivity contribution in [2.24, 2.45) is 5.92 Å². The lowest BCUT2D eigenvalue weighted by atomic mass is 10.1. The van der Waals surface area contributed by atoms with Crippen molar-refractivity contribution in [3.05, 3.63) is 33.8 Å². The third-order valence-corrected chi connectivity index (χ3v) is 3.09. The van der Waals surface area contributed by atoms with Crippen LogP contribution in [0.15, 0.2) is 22.7 Å². The smallest absolute Gasteiger partial charge is 0.0666 e. The van der Waals surface area contributed by atoms with Crippen LogP contribution in [0.4, 0.5) is 0 Å². The molecule has 0 heterocycles. The van der Waals surface area contributed by atoms with Gasteiger partial charge < -0.3 is 5.32 Å². The summed E-state index contributed by atoms with van der Waals surface area (Å²) in [5, 5.41) is 11.9. The number of hydrogen-bond donors (Lipinski definition) is 1. The van der Waals surface area contributed by atoms with Crippen molar-refractivity contribution < 1.29 is 0 Å². The van der Waals surface area contributed by atoms with Crippen molar-refractivity contribution in [2.75, 3.05) is 6.54 Å². The van der Waals surface area contributed by atoms with Crippen LogP contribution in [0.5, 0.6) is 0 Å². The summed E-state index contributed by atoms with van der Waals surface area (Å²) < 4.78 is 1.13. The van der Waals surface area contributed by atoms with Gasteiger partial charge in [0.1, 0.15) is 0 Å². The number of hydrogen-bond acceptors (Lipinski definition) is 2. The number of nitrogens with zero attached hydrogens (tertiary/aromatic N) is 1. The monoisotopic (exact) mass is 266 g/mol. The van der Waals surface area contributed by atoms with Gasteiger partial charge in [0.15, 0.2) is 0 Å². The van der Waals surface area contributed by atoms with Gasteiger partial charge in [-0.2, -0.15) is 5.26 Å². The molecule has 1 unspecified atom stereocenters. The van der Waals surface area contributed by atoms with Gasteiger partial charge in [0, 0.05) is 17.6 Å². The molecule has 0 amide bonds. The van der Waals surface area contributed by atoms with E-state index in [1.807, 2.05) is 6.92 Å². The molecular formula is C12H15BrN2. The first-order valence-electron chi connectivity index (χ1n) is 4.99. The second-order valence-corrected chi connectivity index (χ2v) is 4.60. The first-order valence-corrected chi connectivity index (χ1v) is 5.78. The van der Waals surface area contributed by atoms with Gasteiger partial charge >= 0.3 is 0 Å². The quantitative estimate of drug-likeness (QED) is 0.910. The van der Waals surface area contributed by atoms with E-state index in [1.165, 1.54) is 11.1 Å². The zero-order chi connectivity index (χ0) is 11.3. The average molecular weight is 267 g/mol. The van der Waals surface area contributed by atoms with Crippen LogP contribution in [0, 0.1) is 24.2 Å². The summed E-state index contributed by atoms with van der Waals surface area (Å²) in [7, 11) is 0. The summed E-state index contributed by atoms with van der Waals surface area (Å²) in [6.07, 6.45) is 0. The average Bonchev–Trinajstić information content (AvgIpc) is 2.23. The maximum absolute atomic E-state index is 8.61. The molecule has 0 aromatic heterocycles. The SMILES string of the molecule is Cc1ccc(CNCC(C)C#N)cc1Br. The number of halogens is 1. The van der Waals surface area contributed by atoms with Crippen molar-refractivity contribution in [3.63, 3.8) is 0 Å². The molecule has 0 bridgehead atoms. The molecule has 0 aliphatic heterocycles. The minimum absolute atomic E-state index is 0.0684. The molecule has 0 radical (unpaired) electrons. The Hall–Kier alpha value is -0.850. The van der Waals surface area contributed by atoms with Gasteiger partial charge in [-0.15, -0.1) is 0 Å². The highest BCUT2D eigenvalue weighted by Gasteiger charge is 2.00. The van der Waals surface area contributed by atoms with Crippen molar-refractivity contribution in [2.45, 2.75) is 20.4 Å². The van der Waals surface area contributed by atoms with Crippen LogP contribution in [-0.4, -0.2) is 6.54 Å². The minimum Gasteiger partial charge on any atom is -0.311 e. The van der Waals surface area contributed by atoms with Crippen molar-refractivity contribution >= 4 is 15.9 Å². The van der Waals surface area contributed by atoms with Crippen LogP contribution in [0.1, 0.15) is 18.1 Å². The number of nitriles is 1. The minimum atomic E-state index is 0.0684. The molecule has 1 atom stereocenters. The lowest BCUT2D eigenvalue weighted by Crippen LogP contribution is -2.19. The van der Waals surface area contributed by atoms with E-state index in [-0.39, 0.29) is 5.92 Å². The zero-order valence-electron chi connectivity index (χ0n) is 9.05. The Morgan fingerprint density at radius 2 is 2.27 bits per heavy atom. The normalized spacial score (nSPS) is 12.1. The molecule has 0 aliphatic carbocycles. The molecule has 0 spiro atoms. The first kappa shape index (κ1) is 12.2. The Labute approximate surface area is 99.4 Å². The largest absolute Gasteiger partial charge is 0.311 e. The molecule has 0 aliphatic rings. The van der Waals surface area contributed by atoms with E-state index < -0.39 is 0 Å². The molecule has 2 nitrogen and oxygen atoms in total. The lowest BCUT2D eigenvalue weighted by molar-refractivity contribution is 0.601. The molecule has 1 aromatic carbocycles. The highest BCUT2D eigenvalue weighted by molar-refractivity contribution is 9.10. The summed E-state index contributed by atoms with van der Waals surface area (Å²) in [6, 6.07) is 8.50. The predicted octanol–water partition coefficient (Wildman–Crippen LogP) is 3.01. The summed E-state index contributed by atoms with van der Waals surface area (Å²) in [5.41, 5.74) is 2.47. The van der Waals surface area contributed by atoms with Crippen molar-refractivity contribution in [1.82, 2.24) is 5.32 Å². The van der Waals surface area contributed by atoms with Gasteiger partial charge in [-0.25, -0.2) is 0 Å². The summed E-state index contributed by atoms with van der Waals surface area (Å²) in [6.45, 7) is 5.53. The molecule has 1 N–H and O–H groups in total. The molecule has 80 valence electrons. The number of benzene rings is 1. The molecule has 15 heavy (non-hydrogen) atoms. The molecule has 1 aromatic rings. The first-order chi connectivity index (χ1) is 7.13. The van der Waals surface area contributed by atoms with Crippen LogP contribution >= 0.6 is 15.9 Å². The van der Waals surface area contributed by atoms with Gasteiger partial charge in [0.25, 0.3) is 0 Å². The van der Waals surface area contributed by atoms with Gasteiger partial charge in [0.05, 0.1) is 12.0 Å². The van der Waals surface area contributed by atoms with Gasteiger partial charge in [-0.05, 0) is 31.0 Å². The number of aryl methyl sites for hydroxylation is 1. The van der Waals surface area contributed by atoms with Crippen molar-refractivity contribution in [1.29, 1.82) is 5.26 Å². The van der Waals surface area contributed by atoms with E-state index in [2.05, 4.69) is 52.4 Å². The lowest BCUT2D eigenvalue weighted by Gasteiger charge is -2.07. The van der Waals surface area contributed by atoms with E-state index in [1.54, 1.807) is 0 Å². The second-order valence-electron chi connectivity index (χ2n) is 3.74. The Balaban J connectivity index is 2.45. The second kappa shape index (κ2) is 5.89. The number of rotatable bonds is 4. The molecule has 0 saturated carbocycles. The standard InChI is InChI=1S/C12H15BrN2/c1-9(6-14)7-15-8-11-4-3-10(2)12(13)5-11/h3-5,9,15H,7-8H2,1-2H3. The summed E-state index contributed by atoms with van der Waals surface area (Å²) in [4.78, 5) is 0. The van der Waals surface area contributed by atoms with E-state index in [0.29, 0.717) is 0 Å². The molecular weight excluding hydrogens is 252 g/mol. The van der Waals surface area contributed by atoms with Crippen LogP contribution < -0.4 is 5.32 Å². The zero-order valence-corrected chi connectivity index (χ0v) is 10.6. The fourth-order valence-electron chi connectivity index (χ4n) is 1.22. The Bertz CT molecular complexity index is 368. The van der Waals surface area contributed by atoms with E-state index in [0.717, 1.165) is 17.6 Å². The molecule has 0 fully saturated rings. The highest BCUT2D eigenvalue weighted by atomic mass is 79.9. The molecule has 1 rings (SSSR count). The van der Waals surface area contributed by atoms with E-state index in [9.17, 15) is 0 Å².